The molecule has 0 aliphatic heterocycles. The van der Waals surface area contributed by atoms with E-state index in [0.717, 1.165) is 40.6 Å². The van der Waals surface area contributed by atoms with Gasteiger partial charge in [0, 0.05) is 24.2 Å². The van der Waals surface area contributed by atoms with Crippen LogP contribution in [0.3, 0.4) is 0 Å². The molecule has 1 aliphatic rings. The summed E-state index contributed by atoms with van der Waals surface area (Å²) in [7, 11) is 2.04. The molecule has 0 atom stereocenters. The summed E-state index contributed by atoms with van der Waals surface area (Å²) in [5, 5.41) is 5.37. The first-order valence-electron chi connectivity index (χ1n) is 9.13. The summed E-state index contributed by atoms with van der Waals surface area (Å²) in [6.07, 6.45) is 8.22. The Morgan fingerprint density at radius 2 is 2.04 bits per heavy atom. The zero-order valence-electron chi connectivity index (χ0n) is 15.1. The van der Waals surface area contributed by atoms with Crippen molar-refractivity contribution < 1.29 is 4.52 Å². The molecule has 0 bridgehead atoms. The molecule has 6 nitrogen and oxygen atoms in total. The summed E-state index contributed by atoms with van der Waals surface area (Å²) >= 11 is 1.82. The van der Waals surface area contributed by atoms with Crippen molar-refractivity contribution in [3.8, 4) is 11.4 Å². The lowest BCUT2D eigenvalue weighted by Crippen LogP contribution is -2.18. The lowest BCUT2D eigenvalue weighted by Gasteiger charge is -2.18. The molecule has 4 aromatic rings. The Labute approximate surface area is 160 Å². The second kappa shape index (κ2) is 6.74. The smallest absolute Gasteiger partial charge is 0.156 e. The van der Waals surface area contributed by atoms with Gasteiger partial charge in [-0.3, -0.25) is 4.98 Å². The van der Waals surface area contributed by atoms with Crippen LogP contribution >= 0.6 is 11.3 Å². The van der Waals surface area contributed by atoms with Gasteiger partial charge in [0.15, 0.2) is 5.76 Å². The average Bonchev–Trinajstić information content (AvgIpc) is 3.33. The quantitative estimate of drug-likeness (QED) is 0.529. The number of nitrogens with zero attached hydrogens (tertiary/aromatic N) is 5. The number of hydrogen-bond acceptors (Lipinski definition) is 7. The molecule has 0 fully saturated rings. The van der Waals surface area contributed by atoms with Crippen LogP contribution in [0.25, 0.3) is 21.6 Å². The fraction of sp³-hybridized carbons (Fsp3) is 0.300. The number of aryl methyl sites for hydroxylation is 2. The second-order valence-electron chi connectivity index (χ2n) is 6.84. The molecule has 0 amide bonds. The van der Waals surface area contributed by atoms with Crippen LogP contribution in [-0.2, 0) is 19.4 Å². The van der Waals surface area contributed by atoms with E-state index in [9.17, 15) is 0 Å². The highest BCUT2D eigenvalue weighted by Crippen LogP contribution is 2.39. The number of rotatable bonds is 4. The predicted octanol–water partition coefficient (Wildman–Crippen LogP) is 4.26. The third-order valence-electron chi connectivity index (χ3n) is 4.97. The molecule has 0 N–H and O–H groups in total. The molecule has 1 aliphatic carbocycles. The van der Waals surface area contributed by atoms with Crippen molar-refractivity contribution in [3.05, 3.63) is 53.0 Å². The van der Waals surface area contributed by atoms with E-state index in [0.29, 0.717) is 6.54 Å². The number of aromatic nitrogens is 4. The van der Waals surface area contributed by atoms with Crippen molar-refractivity contribution in [1.82, 2.24) is 20.1 Å². The van der Waals surface area contributed by atoms with Crippen LogP contribution in [0.4, 0.5) is 5.82 Å². The minimum atomic E-state index is 0.594. The molecule has 4 heterocycles. The van der Waals surface area contributed by atoms with Gasteiger partial charge in [-0.15, -0.1) is 11.3 Å². The molecule has 136 valence electrons. The van der Waals surface area contributed by atoms with Gasteiger partial charge in [-0.25, -0.2) is 9.97 Å². The lowest BCUT2D eigenvalue weighted by molar-refractivity contribution is 0.384. The number of anilines is 1. The molecule has 27 heavy (non-hydrogen) atoms. The first-order valence-corrected chi connectivity index (χ1v) is 9.94. The number of pyridine rings is 1. The van der Waals surface area contributed by atoms with Gasteiger partial charge in [0.1, 0.15) is 22.7 Å². The fourth-order valence-electron chi connectivity index (χ4n) is 3.69. The molecule has 5 rings (SSSR count). The maximum absolute atomic E-state index is 5.54. The van der Waals surface area contributed by atoms with E-state index in [4.69, 9.17) is 4.52 Å². The predicted molar refractivity (Wildman–Crippen MR) is 106 cm³/mol. The topological polar surface area (TPSA) is 67.9 Å². The largest absolute Gasteiger partial charge is 0.359 e. The van der Waals surface area contributed by atoms with Gasteiger partial charge in [-0.2, -0.15) is 0 Å². The van der Waals surface area contributed by atoms with Crippen molar-refractivity contribution in [3.63, 3.8) is 0 Å². The SMILES string of the molecule is CN(Cc1cc(-c2ccccn2)no1)c1ncnc2sc3c(c12)CCCC3. The first-order chi connectivity index (χ1) is 13.3. The number of fused-ring (bicyclic) bond motifs is 3. The first kappa shape index (κ1) is 16.4. The van der Waals surface area contributed by atoms with E-state index >= 15 is 0 Å². The van der Waals surface area contributed by atoms with Crippen LogP contribution < -0.4 is 4.90 Å². The normalized spacial score (nSPS) is 13.7. The van der Waals surface area contributed by atoms with Gasteiger partial charge in [0.2, 0.25) is 0 Å². The van der Waals surface area contributed by atoms with Gasteiger partial charge >= 0.3 is 0 Å². The number of thiophene rings is 1. The minimum Gasteiger partial charge on any atom is -0.359 e. The molecule has 4 aromatic heterocycles. The zero-order valence-corrected chi connectivity index (χ0v) is 15.9. The van der Waals surface area contributed by atoms with Crippen LogP contribution in [0.15, 0.2) is 41.3 Å². The molecule has 7 heteroatoms. The molecule has 0 aromatic carbocycles. The molecule has 0 unspecified atom stereocenters. The van der Waals surface area contributed by atoms with E-state index in [1.807, 2.05) is 42.6 Å². The highest BCUT2D eigenvalue weighted by atomic mass is 32.1. The molecule has 0 saturated carbocycles. The van der Waals surface area contributed by atoms with Crippen molar-refractivity contribution in [1.29, 1.82) is 0 Å². The minimum absolute atomic E-state index is 0.594. The van der Waals surface area contributed by atoms with Crippen molar-refractivity contribution in [2.75, 3.05) is 11.9 Å². The van der Waals surface area contributed by atoms with Gasteiger partial charge in [0.25, 0.3) is 0 Å². The van der Waals surface area contributed by atoms with Crippen LogP contribution in [-0.4, -0.2) is 27.2 Å². The van der Waals surface area contributed by atoms with Gasteiger partial charge in [-0.05, 0) is 43.4 Å². The zero-order chi connectivity index (χ0) is 18.2. The molecule has 0 radical (unpaired) electrons. The van der Waals surface area contributed by atoms with Crippen LogP contribution in [0, 0.1) is 0 Å². The summed E-state index contributed by atoms with van der Waals surface area (Å²) in [6.45, 7) is 0.594. The van der Waals surface area contributed by atoms with E-state index in [1.54, 1.807) is 12.5 Å². The van der Waals surface area contributed by atoms with Gasteiger partial charge < -0.3 is 9.42 Å². The van der Waals surface area contributed by atoms with Crippen molar-refractivity contribution >= 4 is 27.4 Å². The highest BCUT2D eigenvalue weighted by molar-refractivity contribution is 7.19. The maximum atomic E-state index is 5.54. The molecular formula is C20H19N5OS. The molecular weight excluding hydrogens is 358 g/mol. The van der Waals surface area contributed by atoms with Gasteiger partial charge in [-0.1, -0.05) is 11.2 Å². The van der Waals surface area contributed by atoms with E-state index < -0.39 is 0 Å². The summed E-state index contributed by atoms with van der Waals surface area (Å²) in [6, 6.07) is 7.71. The van der Waals surface area contributed by atoms with E-state index in [-0.39, 0.29) is 0 Å². The van der Waals surface area contributed by atoms with E-state index in [2.05, 4.69) is 25.0 Å². The maximum Gasteiger partial charge on any atom is 0.156 e. The highest BCUT2D eigenvalue weighted by Gasteiger charge is 2.22. The van der Waals surface area contributed by atoms with Crippen molar-refractivity contribution in [2.45, 2.75) is 32.2 Å². The monoisotopic (exact) mass is 377 g/mol. The Hall–Kier alpha value is -2.80. The summed E-state index contributed by atoms with van der Waals surface area (Å²) in [4.78, 5) is 18.1. The average molecular weight is 377 g/mol. The molecule has 0 spiro atoms. The Bertz CT molecular complexity index is 1090. The van der Waals surface area contributed by atoms with E-state index in [1.165, 1.54) is 28.7 Å². The Morgan fingerprint density at radius 3 is 2.93 bits per heavy atom. The van der Waals surface area contributed by atoms with Crippen LogP contribution in [0.5, 0.6) is 0 Å². The molecule has 0 saturated heterocycles. The third kappa shape index (κ3) is 2.98. The van der Waals surface area contributed by atoms with Crippen LogP contribution in [0.1, 0.15) is 29.0 Å². The second-order valence-corrected chi connectivity index (χ2v) is 7.92. The van der Waals surface area contributed by atoms with Gasteiger partial charge in [0.05, 0.1) is 17.6 Å². The summed E-state index contributed by atoms with van der Waals surface area (Å²) in [5.41, 5.74) is 3.00. The third-order valence-corrected chi connectivity index (χ3v) is 6.17. The summed E-state index contributed by atoms with van der Waals surface area (Å²) in [5.74, 6) is 1.75. The lowest BCUT2D eigenvalue weighted by atomic mass is 9.97. The standard InChI is InChI=1S/C20H19N5OS/c1-25(11-13-10-16(24-26-13)15-7-4-5-9-21-15)19-18-14-6-2-3-8-17(14)27-20(18)23-12-22-19/h4-5,7,9-10,12H,2-3,6,8,11H2,1H3. The van der Waals surface area contributed by atoms with Crippen molar-refractivity contribution in [2.24, 2.45) is 0 Å². The Balaban J connectivity index is 1.46. The Kier molecular flexibility index (Phi) is 4.09. The fourth-order valence-corrected chi connectivity index (χ4v) is 4.92. The number of hydrogen-bond donors (Lipinski definition) is 0. The summed E-state index contributed by atoms with van der Waals surface area (Å²) < 4.78 is 5.54. The van der Waals surface area contributed by atoms with Crippen LogP contribution in [0.2, 0.25) is 0 Å². The Morgan fingerprint density at radius 1 is 1.11 bits per heavy atom.